The van der Waals surface area contributed by atoms with Gasteiger partial charge in [0.25, 0.3) is 5.91 Å². The molecule has 4 amide bonds. The van der Waals surface area contributed by atoms with Gasteiger partial charge in [0.15, 0.2) is 0 Å². The molecular weight excluding hydrogens is 596 g/mol. The summed E-state index contributed by atoms with van der Waals surface area (Å²) in [5, 5.41) is 7.90. The third kappa shape index (κ3) is 9.65. The second-order valence-electron chi connectivity index (χ2n) is 15.4. The van der Waals surface area contributed by atoms with Gasteiger partial charge in [-0.3, -0.25) is 24.0 Å². The smallest absolute Gasteiger partial charge is 0.408 e. The van der Waals surface area contributed by atoms with E-state index in [9.17, 15) is 28.8 Å². The molecule has 0 aromatic rings. The fraction of sp³-hybridized carbons (Fsp3) is 0.818. The molecule has 1 unspecified atom stereocenters. The Bertz CT molecular complexity index is 1170. The number of fused-ring (bicyclic) bond motifs is 1. The third-order valence-corrected chi connectivity index (χ3v) is 9.04. The molecule has 3 rings (SSSR count). The molecule has 1 heterocycles. The van der Waals surface area contributed by atoms with Gasteiger partial charge in [-0.2, -0.15) is 0 Å². The van der Waals surface area contributed by atoms with Crippen LogP contribution in [0.1, 0.15) is 93.9 Å². The molecular formula is C33H54N4O9. The van der Waals surface area contributed by atoms with Crippen LogP contribution in [0.4, 0.5) is 4.79 Å². The predicted molar refractivity (Wildman–Crippen MR) is 168 cm³/mol. The van der Waals surface area contributed by atoms with Crippen LogP contribution in [-0.2, 0) is 38.2 Å². The molecule has 1 aliphatic heterocycles. The number of nitrogens with one attached hydrogen (secondary N) is 3. The second-order valence-corrected chi connectivity index (χ2v) is 15.4. The Morgan fingerprint density at radius 2 is 1.50 bits per heavy atom. The van der Waals surface area contributed by atoms with Crippen molar-refractivity contribution in [1.82, 2.24) is 20.9 Å². The Morgan fingerprint density at radius 3 is 2.07 bits per heavy atom. The molecule has 2 aliphatic carbocycles. The van der Waals surface area contributed by atoms with Gasteiger partial charge in [-0.1, -0.05) is 33.1 Å². The van der Waals surface area contributed by atoms with E-state index in [1.54, 1.807) is 41.5 Å². The quantitative estimate of drug-likeness (QED) is 0.212. The lowest BCUT2D eigenvalue weighted by atomic mass is 9.83. The normalized spacial score (nSPS) is 23.8. The van der Waals surface area contributed by atoms with E-state index in [1.165, 1.54) is 12.0 Å². The first-order valence-electron chi connectivity index (χ1n) is 16.4. The SMILES string of the molecule is COCC(NC(=O)[C@@H]1[C@@H]2[C@H](CN1C(=O)[C@@H](NC(=O)OC(C)(C)C)C1CCCCC1)C2(C)C)C(=O)C(=O)NCCC(=O)OC(C)(C)C. The van der Waals surface area contributed by atoms with E-state index in [-0.39, 0.29) is 48.6 Å². The first-order chi connectivity index (χ1) is 21.3. The molecule has 2 saturated carbocycles. The molecule has 13 heteroatoms. The van der Waals surface area contributed by atoms with Gasteiger partial charge in [0, 0.05) is 20.2 Å². The van der Waals surface area contributed by atoms with Crippen LogP contribution in [0.2, 0.25) is 0 Å². The van der Waals surface area contributed by atoms with Gasteiger partial charge in [0.1, 0.15) is 29.3 Å². The van der Waals surface area contributed by atoms with Gasteiger partial charge < -0.3 is 35.1 Å². The lowest BCUT2D eigenvalue weighted by molar-refractivity contribution is -0.154. The molecule has 3 fully saturated rings. The largest absolute Gasteiger partial charge is 0.460 e. The number of ketones is 1. The van der Waals surface area contributed by atoms with Crippen molar-refractivity contribution in [2.75, 3.05) is 26.8 Å². The number of likely N-dealkylation sites (tertiary alicyclic amines) is 1. The Hall–Kier alpha value is -3.22. The summed E-state index contributed by atoms with van der Waals surface area (Å²) in [7, 11) is 1.34. The van der Waals surface area contributed by atoms with Crippen LogP contribution in [0.25, 0.3) is 0 Å². The van der Waals surface area contributed by atoms with Gasteiger partial charge in [0.05, 0.1) is 13.0 Å². The molecule has 3 N–H and O–H groups in total. The highest BCUT2D eigenvalue weighted by Crippen LogP contribution is 2.65. The summed E-state index contributed by atoms with van der Waals surface area (Å²) < 4.78 is 15.9. The second kappa shape index (κ2) is 14.7. The lowest BCUT2D eigenvalue weighted by Crippen LogP contribution is -2.60. The number of methoxy groups -OCH3 is 1. The molecule has 3 aliphatic rings. The minimum absolute atomic E-state index is 0.0634. The molecule has 0 bridgehead atoms. The van der Waals surface area contributed by atoms with E-state index >= 15 is 0 Å². The van der Waals surface area contributed by atoms with E-state index in [1.807, 2.05) is 13.8 Å². The summed E-state index contributed by atoms with van der Waals surface area (Å²) in [6.45, 7) is 14.4. The van der Waals surface area contributed by atoms with Crippen molar-refractivity contribution in [3.8, 4) is 0 Å². The van der Waals surface area contributed by atoms with Crippen molar-refractivity contribution < 1.29 is 43.0 Å². The Labute approximate surface area is 272 Å². The summed E-state index contributed by atoms with van der Waals surface area (Å²) >= 11 is 0. The maximum Gasteiger partial charge on any atom is 0.408 e. The van der Waals surface area contributed by atoms with E-state index in [0.29, 0.717) is 6.54 Å². The number of Topliss-reactive ketones (excluding diaryl/α,β-unsaturated/α-hetero) is 1. The molecule has 5 atom stereocenters. The Morgan fingerprint density at radius 1 is 0.891 bits per heavy atom. The number of carbonyl (C=O) groups excluding carboxylic acids is 6. The topological polar surface area (TPSA) is 169 Å². The molecule has 1 saturated heterocycles. The number of ether oxygens (including phenoxy) is 3. The van der Waals surface area contributed by atoms with E-state index < -0.39 is 59.0 Å². The summed E-state index contributed by atoms with van der Waals surface area (Å²) in [6, 6.07) is -3.08. The molecule has 0 aromatic carbocycles. The lowest BCUT2D eigenvalue weighted by Gasteiger charge is -2.37. The van der Waals surface area contributed by atoms with Crippen LogP contribution in [0.5, 0.6) is 0 Å². The number of hydrogen-bond acceptors (Lipinski definition) is 9. The number of esters is 1. The average Bonchev–Trinajstić information content (AvgIpc) is 3.25. The number of rotatable bonds is 12. The molecule has 0 aromatic heterocycles. The van der Waals surface area contributed by atoms with Crippen LogP contribution in [0.15, 0.2) is 0 Å². The molecule has 0 spiro atoms. The predicted octanol–water partition coefficient (Wildman–Crippen LogP) is 2.49. The highest BCUT2D eigenvalue weighted by Gasteiger charge is 2.69. The minimum Gasteiger partial charge on any atom is -0.460 e. The van der Waals surface area contributed by atoms with Crippen LogP contribution < -0.4 is 16.0 Å². The van der Waals surface area contributed by atoms with Crippen LogP contribution >= 0.6 is 0 Å². The Kier molecular flexibility index (Phi) is 11.9. The maximum atomic E-state index is 14.2. The van der Waals surface area contributed by atoms with E-state index in [2.05, 4.69) is 16.0 Å². The van der Waals surface area contributed by atoms with Gasteiger partial charge in [-0.15, -0.1) is 0 Å². The minimum atomic E-state index is -1.31. The van der Waals surface area contributed by atoms with Crippen molar-refractivity contribution in [2.45, 2.75) is 123 Å². The zero-order valence-electron chi connectivity index (χ0n) is 28.9. The van der Waals surface area contributed by atoms with E-state index in [0.717, 1.165) is 32.1 Å². The fourth-order valence-electron chi connectivity index (χ4n) is 6.80. The zero-order chi connectivity index (χ0) is 34.6. The fourth-order valence-corrected chi connectivity index (χ4v) is 6.80. The number of piperidine rings is 1. The number of nitrogens with zero attached hydrogens (tertiary/aromatic N) is 1. The summed E-state index contributed by atoms with van der Waals surface area (Å²) in [4.78, 5) is 80.3. The van der Waals surface area contributed by atoms with Crippen LogP contribution in [0, 0.1) is 23.2 Å². The van der Waals surface area contributed by atoms with Crippen LogP contribution in [0.3, 0.4) is 0 Å². The number of amides is 4. The number of alkyl carbamates (subject to hydrolysis) is 1. The van der Waals surface area contributed by atoms with Gasteiger partial charge in [0.2, 0.25) is 17.6 Å². The van der Waals surface area contributed by atoms with Crippen LogP contribution in [-0.4, -0.2) is 96.6 Å². The third-order valence-electron chi connectivity index (χ3n) is 9.04. The number of hydrogen-bond donors (Lipinski definition) is 3. The highest BCUT2D eigenvalue weighted by atomic mass is 16.6. The van der Waals surface area contributed by atoms with Crippen molar-refractivity contribution in [2.24, 2.45) is 23.2 Å². The standard InChI is InChI=1S/C33H54N4O9/c1-31(2,3)45-22(38)15-16-34-28(41)26(39)21(18-44-9)35-27(40)25-23-20(33(23,7)8)17-37(25)29(42)24(19-13-11-10-12-14-19)36-30(43)46-32(4,5)6/h19-21,23-25H,10-18H2,1-9H3,(H,34,41)(H,35,40)(H,36,43)/t20-,21?,23-,24-,25-/m0/s1. The van der Waals surface area contributed by atoms with Crippen molar-refractivity contribution in [1.29, 1.82) is 0 Å². The zero-order valence-corrected chi connectivity index (χ0v) is 28.9. The van der Waals surface area contributed by atoms with Gasteiger partial charge in [-0.05, 0) is 77.6 Å². The summed E-state index contributed by atoms with van der Waals surface area (Å²) in [5.41, 5.74) is -1.65. The number of carbonyl (C=O) groups is 6. The van der Waals surface area contributed by atoms with Crippen molar-refractivity contribution in [3.63, 3.8) is 0 Å². The summed E-state index contributed by atoms with van der Waals surface area (Å²) in [5.74, 6) is -3.56. The average molecular weight is 651 g/mol. The first kappa shape index (κ1) is 37.2. The molecule has 46 heavy (non-hydrogen) atoms. The van der Waals surface area contributed by atoms with Gasteiger partial charge in [-0.25, -0.2) is 4.79 Å². The Balaban J connectivity index is 1.75. The summed E-state index contributed by atoms with van der Waals surface area (Å²) in [6.07, 6.45) is 3.64. The van der Waals surface area contributed by atoms with Gasteiger partial charge >= 0.3 is 12.1 Å². The maximum absolute atomic E-state index is 14.2. The molecule has 0 radical (unpaired) electrons. The highest BCUT2D eigenvalue weighted by molar-refractivity contribution is 6.38. The van der Waals surface area contributed by atoms with E-state index in [4.69, 9.17) is 14.2 Å². The monoisotopic (exact) mass is 650 g/mol. The molecule has 13 nitrogen and oxygen atoms in total. The first-order valence-corrected chi connectivity index (χ1v) is 16.4. The van der Waals surface area contributed by atoms with Crippen molar-refractivity contribution in [3.05, 3.63) is 0 Å². The van der Waals surface area contributed by atoms with Crippen molar-refractivity contribution >= 4 is 35.6 Å². The molecule has 260 valence electrons.